The molecule has 1 atom stereocenters. The van der Waals surface area contributed by atoms with Crippen LogP contribution in [0.2, 0.25) is 5.02 Å². The van der Waals surface area contributed by atoms with Gasteiger partial charge in [0, 0.05) is 5.02 Å². The van der Waals surface area contributed by atoms with Gasteiger partial charge in [-0.1, -0.05) is 29.4 Å². The molecule has 2 aromatic carbocycles. The molecule has 1 heterocycles. The van der Waals surface area contributed by atoms with Gasteiger partial charge in [-0.25, -0.2) is 13.8 Å². The summed E-state index contributed by atoms with van der Waals surface area (Å²) < 4.78 is 28.7. The molecule has 1 aliphatic heterocycles. The summed E-state index contributed by atoms with van der Waals surface area (Å²) in [5.41, 5.74) is 0.629. The van der Waals surface area contributed by atoms with Crippen molar-refractivity contribution in [2.45, 2.75) is 5.37 Å². The molecule has 0 aliphatic carbocycles. The Balaban J connectivity index is 2.05. The van der Waals surface area contributed by atoms with Crippen LogP contribution in [0.5, 0.6) is 0 Å². The number of hydrogen-bond donors (Lipinski definition) is 1. The molecule has 0 radical (unpaired) electrons. The summed E-state index contributed by atoms with van der Waals surface area (Å²) in [7, 11) is 0. The zero-order valence-corrected chi connectivity index (χ0v) is 13.4. The van der Waals surface area contributed by atoms with E-state index in [0.717, 1.165) is 11.9 Å². The van der Waals surface area contributed by atoms with Crippen LogP contribution in [0, 0.1) is 11.6 Å². The summed E-state index contributed by atoms with van der Waals surface area (Å²) in [5, 5.41) is 11.3. The normalized spacial score (nSPS) is 17.7. The fraction of sp³-hybridized carbons (Fsp3) is 0.0714. The first-order valence-electron chi connectivity index (χ1n) is 6.21. The third-order valence-electron chi connectivity index (χ3n) is 3.06. The number of halogens is 3. The maximum absolute atomic E-state index is 14.1. The molecule has 0 spiro atoms. The topological polar surface area (TPSA) is 41.6 Å². The highest BCUT2D eigenvalue weighted by molar-refractivity contribution is 8.38. The first-order chi connectivity index (χ1) is 10.6. The van der Waals surface area contributed by atoms with Gasteiger partial charge in [0.15, 0.2) is 4.38 Å². The predicted molar refractivity (Wildman–Crippen MR) is 89.8 cm³/mol. The molecule has 0 saturated heterocycles. The van der Waals surface area contributed by atoms with E-state index in [1.165, 1.54) is 35.0 Å². The van der Waals surface area contributed by atoms with E-state index in [1.807, 2.05) is 0 Å². The summed E-state index contributed by atoms with van der Waals surface area (Å²) in [4.78, 5) is 0. The standard InChI is InChI=1S/C14H10ClF2N3S2/c15-8-4-6-9(7-5-8)20-13(21-14(19-20)22-18)12-10(16)2-1-3-11(12)17/h1-7,13H,18H2. The average molecular weight is 358 g/mol. The van der Waals surface area contributed by atoms with Crippen molar-refractivity contribution in [2.75, 3.05) is 5.01 Å². The van der Waals surface area contributed by atoms with Crippen LogP contribution < -0.4 is 10.1 Å². The minimum absolute atomic E-state index is 0.0461. The third kappa shape index (κ3) is 2.94. The van der Waals surface area contributed by atoms with E-state index in [0.29, 0.717) is 15.1 Å². The van der Waals surface area contributed by atoms with E-state index >= 15 is 0 Å². The fourth-order valence-electron chi connectivity index (χ4n) is 2.08. The molecule has 0 aromatic heterocycles. The van der Waals surface area contributed by atoms with Crippen molar-refractivity contribution >= 4 is 45.4 Å². The molecule has 8 heteroatoms. The number of benzene rings is 2. The first-order valence-corrected chi connectivity index (χ1v) is 8.34. The summed E-state index contributed by atoms with van der Waals surface area (Å²) in [6.07, 6.45) is 0. The van der Waals surface area contributed by atoms with E-state index in [-0.39, 0.29) is 5.56 Å². The van der Waals surface area contributed by atoms with Crippen molar-refractivity contribution in [2.24, 2.45) is 10.2 Å². The van der Waals surface area contributed by atoms with E-state index in [4.69, 9.17) is 16.7 Å². The molecule has 1 unspecified atom stereocenters. The highest BCUT2D eigenvalue weighted by atomic mass is 35.5. The second-order valence-corrected chi connectivity index (χ2v) is 6.80. The molecule has 114 valence electrons. The van der Waals surface area contributed by atoms with Gasteiger partial charge in [0.05, 0.1) is 11.3 Å². The summed E-state index contributed by atoms with van der Waals surface area (Å²) >= 11 is 8.02. The monoisotopic (exact) mass is 357 g/mol. The second kappa shape index (κ2) is 6.45. The van der Waals surface area contributed by atoms with Crippen molar-refractivity contribution in [1.82, 2.24) is 0 Å². The van der Waals surface area contributed by atoms with Crippen LogP contribution in [-0.4, -0.2) is 4.38 Å². The van der Waals surface area contributed by atoms with Crippen LogP contribution >= 0.6 is 35.3 Å². The number of nitrogens with two attached hydrogens (primary N) is 1. The van der Waals surface area contributed by atoms with E-state index < -0.39 is 17.0 Å². The number of rotatable bonds is 2. The molecule has 3 nitrogen and oxygen atoms in total. The molecule has 1 aliphatic rings. The van der Waals surface area contributed by atoms with E-state index in [2.05, 4.69) is 5.10 Å². The number of hydrazone groups is 1. The summed E-state index contributed by atoms with van der Waals surface area (Å²) in [6.45, 7) is 0. The second-order valence-electron chi connectivity index (χ2n) is 4.41. The van der Waals surface area contributed by atoms with Gasteiger partial charge in [-0.05, 0) is 48.3 Å². The Bertz CT molecular complexity index is 704. The fourth-order valence-corrected chi connectivity index (χ4v) is 3.77. The Labute approximate surface area is 139 Å². The zero-order valence-electron chi connectivity index (χ0n) is 11.0. The molecular formula is C14H10ClF2N3S2. The third-order valence-corrected chi connectivity index (χ3v) is 5.12. The smallest absolute Gasteiger partial charge is 0.167 e. The SMILES string of the molecule is NSC1=NN(c2ccc(Cl)cc2)C(c2c(F)cccc2F)S1. The van der Waals surface area contributed by atoms with Crippen LogP contribution in [0.25, 0.3) is 0 Å². The molecule has 0 saturated carbocycles. The predicted octanol–water partition coefficient (Wildman–Crippen LogP) is 4.75. The van der Waals surface area contributed by atoms with Crippen molar-refractivity contribution in [3.63, 3.8) is 0 Å². The van der Waals surface area contributed by atoms with Gasteiger partial charge in [-0.3, -0.25) is 5.14 Å². The van der Waals surface area contributed by atoms with Crippen molar-refractivity contribution in [3.05, 3.63) is 64.7 Å². The molecule has 0 fully saturated rings. The van der Waals surface area contributed by atoms with Gasteiger partial charge >= 0.3 is 0 Å². The Morgan fingerprint density at radius 2 is 1.77 bits per heavy atom. The maximum Gasteiger partial charge on any atom is 0.167 e. The minimum Gasteiger partial charge on any atom is -0.272 e. The zero-order chi connectivity index (χ0) is 15.7. The van der Waals surface area contributed by atoms with Crippen LogP contribution in [-0.2, 0) is 0 Å². The number of thioether (sulfide) groups is 1. The molecule has 0 amide bonds. The molecule has 22 heavy (non-hydrogen) atoms. The molecule has 2 N–H and O–H groups in total. The lowest BCUT2D eigenvalue weighted by molar-refractivity contribution is 0.550. The molecule has 0 bridgehead atoms. The van der Waals surface area contributed by atoms with Crippen molar-refractivity contribution < 1.29 is 8.78 Å². The van der Waals surface area contributed by atoms with Crippen LogP contribution in [0.1, 0.15) is 10.9 Å². The summed E-state index contributed by atoms with van der Waals surface area (Å²) in [6, 6.07) is 10.7. The van der Waals surface area contributed by atoms with Crippen LogP contribution in [0.15, 0.2) is 47.6 Å². The van der Waals surface area contributed by atoms with Gasteiger partial charge in [0.1, 0.15) is 17.0 Å². The van der Waals surface area contributed by atoms with Gasteiger partial charge in [0.25, 0.3) is 0 Å². The highest BCUT2D eigenvalue weighted by Crippen LogP contribution is 2.45. The van der Waals surface area contributed by atoms with Crippen LogP contribution in [0.3, 0.4) is 0 Å². The lowest BCUT2D eigenvalue weighted by Crippen LogP contribution is -2.19. The lowest BCUT2D eigenvalue weighted by atomic mass is 10.2. The molecule has 3 rings (SSSR count). The quantitative estimate of drug-likeness (QED) is 0.788. The lowest BCUT2D eigenvalue weighted by Gasteiger charge is -2.23. The van der Waals surface area contributed by atoms with Crippen molar-refractivity contribution in [1.29, 1.82) is 0 Å². The Morgan fingerprint density at radius 3 is 2.36 bits per heavy atom. The Kier molecular flexibility index (Phi) is 4.58. The first kappa shape index (κ1) is 15.6. The van der Waals surface area contributed by atoms with E-state index in [1.54, 1.807) is 24.3 Å². The largest absolute Gasteiger partial charge is 0.272 e. The Morgan fingerprint density at radius 1 is 1.14 bits per heavy atom. The maximum atomic E-state index is 14.1. The molecular weight excluding hydrogens is 348 g/mol. The highest BCUT2D eigenvalue weighted by Gasteiger charge is 2.34. The number of hydrogen-bond acceptors (Lipinski definition) is 5. The van der Waals surface area contributed by atoms with Crippen molar-refractivity contribution in [3.8, 4) is 0 Å². The van der Waals surface area contributed by atoms with Gasteiger partial charge in [-0.15, -0.1) is 0 Å². The van der Waals surface area contributed by atoms with Gasteiger partial charge in [0.2, 0.25) is 0 Å². The van der Waals surface area contributed by atoms with Crippen LogP contribution in [0.4, 0.5) is 14.5 Å². The average Bonchev–Trinajstić information content (AvgIpc) is 2.92. The number of nitrogens with zero attached hydrogens (tertiary/aromatic N) is 2. The van der Waals surface area contributed by atoms with Gasteiger partial charge in [-0.2, -0.15) is 5.10 Å². The molecule has 2 aromatic rings. The summed E-state index contributed by atoms with van der Waals surface area (Å²) in [5.74, 6) is -1.23. The van der Waals surface area contributed by atoms with Gasteiger partial charge < -0.3 is 0 Å². The van der Waals surface area contributed by atoms with E-state index in [9.17, 15) is 8.78 Å². The minimum atomic E-state index is -0.659. The Hall–Kier alpha value is -1.28. The number of anilines is 1.